The van der Waals surface area contributed by atoms with E-state index in [0.29, 0.717) is 11.5 Å². The van der Waals surface area contributed by atoms with E-state index in [-0.39, 0.29) is 11.8 Å². The van der Waals surface area contributed by atoms with Crippen molar-refractivity contribution in [1.82, 2.24) is 10.2 Å². The van der Waals surface area contributed by atoms with Crippen molar-refractivity contribution < 1.29 is 9.53 Å². The van der Waals surface area contributed by atoms with Crippen LogP contribution in [0.3, 0.4) is 0 Å². The Hall–Kier alpha value is -1.40. The third-order valence-electron chi connectivity index (χ3n) is 4.51. The molecule has 0 aromatic heterocycles. The zero-order valence-electron chi connectivity index (χ0n) is 13.9. The normalized spacial score (nSPS) is 20.8. The molecular weight excluding hydrogens is 388 g/mol. The molecule has 0 spiro atoms. The number of Topliss-reactive ketones (excluding diaryl/α,β-unsaturated/α-hetero) is 1. The number of thiocarbonyl (C=S) groups is 1. The molecule has 1 heterocycles. The number of hydrogen-bond donors (Lipinski definition) is 1. The van der Waals surface area contributed by atoms with Gasteiger partial charge in [0.25, 0.3) is 0 Å². The van der Waals surface area contributed by atoms with Crippen LogP contribution >= 0.6 is 28.1 Å². The predicted octanol–water partition coefficient (Wildman–Crippen LogP) is 4.11. The van der Waals surface area contributed by atoms with E-state index in [9.17, 15) is 4.79 Å². The lowest BCUT2D eigenvalue weighted by atomic mass is 9.85. The van der Waals surface area contributed by atoms with Gasteiger partial charge in [0, 0.05) is 24.2 Å². The zero-order valence-corrected chi connectivity index (χ0v) is 16.3. The Morgan fingerprint density at radius 2 is 2.21 bits per heavy atom. The van der Waals surface area contributed by atoms with Gasteiger partial charge >= 0.3 is 0 Å². The zero-order chi connectivity index (χ0) is 17.3. The van der Waals surface area contributed by atoms with E-state index in [1.165, 1.54) is 0 Å². The minimum Gasteiger partial charge on any atom is -0.496 e. The Morgan fingerprint density at radius 3 is 2.88 bits per heavy atom. The summed E-state index contributed by atoms with van der Waals surface area (Å²) in [6.07, 6.45) is 3.42. The molecule has 128 valence electrons. The number of carbonyl (C=O) groups excluding carboxylic acids is 1. The van der Waals surface area contributed by atoms with Gasteiger partial charge in [-0.05, 0) is 65.1 Å². The minimum absolute atomic E-state index is 0.185. The summed E-state index contributed by atoms with van der Waals surface area (Å²) in [6, 6.07) is 5.72. The van der Waals surface area contributed by atoms with Crippen LogP contribution < -0.4 is 10.1 Å². The van der Waals surface area contributed by atoms with Crippen molar-refractivity contribution in [3.8, 4) is 5.75 Å². The van der Waals surface area contributed by atoms with Crippen LogP contribution in [0.5, 0.6) is 5.75 Å². The molecule has 0 fully saturated rings. The molecule has 1 aliphatic heterocycles. The molecule has 1 aromatic rings. The van der Waals surface area contributed by atoms with Crippen molar-refractivity contribution in [2.75, 3.05) is 13.7 Å². The van der Waals surface area contributed by atoms with Crippen LogP contribution in [0.15, 0.2) is 33.9 Å². The van der Waals surface area contributed by atoms with Crippen LogP contribution in [0.2, 0.25) is 0 Å². The van der Waals surface area contributed by atoms with E-state index in [0.717, 1.165) is 52.9 Å². The largest absolute Gasteiger partial charge is 0.496 e. The van der Waals surface area contributed by atoms with E-state index in [1.807, 2.05) is 18.2 Å². The second-order valence-electron chi connectivity index (χ2n) is 6.07. The molecule has 24 heavy (non-hydrogen) atoms. The fourth-order valence-corrected chi connectivity index (χ4v) is 4.30. The highest BCUT2D eigenvalue weighted by atomic mass is 79.9. The van der Waals surface area contributed by atoms with Gasteiger partial charge in [-0.2, -0.15) is 0 Å². The van der Waals surface area contributed by atoms with E-state index in [1.54, 1.807) is 7.11 Å². The first-order chi connectivity index (χ1) is 11.6. The molecule has 0 bridgehead atoms. The summed E-state index contributed by atoms with van der Waals surface area (Å²) in [5.41, 5.74) is 3.00. The molecule has 1 aromatic carbocycles. The second kappa shape index (κ2) is 7.23. The Morgan fingerprint density at radius 1 is 1.42 bits per heavy atom. The molecular formula is C18H21BrN2O2S. The molecule has 1 atom stereocenters. The number of allylic oxidation sites excluding steroid dienone is 1. The summed E-state index contributed by atoms with van der Waals surface area (Å²) < 4.78 is 6.18. The van der Waals surface area contributed by atoms with Crippen molar-refractivity contribution in [2.45, 2.75) is 38.6 Å². The first-order valence-electron chi connectivity index (χ1n) is 8.24. The monoisotopic (exact) mass is 408 g/mol. The minimum atomic E-state index is -0.185. The fraction of sp³-hybridized carbons (Fsp3) is 0.444. The molecule has 1 N–H and O–H groups in total. The Balaban J connectivity index is 2.07. The lowest BCUT2D eigenvalue weighted by Crippen LogP contribution is -2.49. The third-order valence-corrected chi connectivity index (χ3v) is 5.47. The quantitative estimate of drug-likeness (QED) is 0.759. The predicted molar refractivity (Wildman–Crippen MR) is 102 cm³/mol. The van der Waals surface area contributed by atoms with Crippen molar-refractivity contribution in [2.24, 2.45) is 0 Å². The number of nitrogens with one attached hydrogen (secondary N) is 1. The molecule has 3 rings (SSSR count). The number of ketones is 1. The van der Waals surface area contributed by atoms with Crippen LogP contribution in [-0.4, -0.2) is 29.5 Å². The van der Waals surface area contributed by atoms with Crippen LogP contribution in [0.1, 0.15) is 44.2 Å². The Bertz CT molecular complexity index is 717. The number of methoxy groups -OCH3 is 1. The summed E-state index contributed by atoms with van der Waals surface area (Å²) in [7, 11) is 1.64. The number of hydrogen-bond acceptors (Lipinski definition) is 3. The van der Waals surface area contributed by atoms with Crippen molar-refractivity contribution in [1.29, 1.82) is 0 Å². The summed E-state index contributed by atoms with van der Waals surface area (Å²) in [5, 5.41) is 4.09. The maximum atomic E-state index is 12.7. The van der Waals surface area contributed by atoms with E-state index in [2.05, 4.69) is 33.1 Å². The maximum absolute atomic E-state index is 12.7. The number of benzene rings is 1. The smallest absolute Gasteiger partial charge is 0.173 e. The van der Waals surface area contributed by atoms with Crippen molar-refractivity contribution in [3.05, 3.63) is 39.5 Å². The van der Waals surface area contributed by atoms with Gasteiger partial charge in [0.05, 0.1) is 17.6 Å². The van der Waals surface area contributed by atoms with E-state index < -0.39 is 0 Å². The molecule has 1 aliphatic carbocycles. The fourth-order valence-electron chi connectivity index (χ4n) is 3.42. The van der Waals surface area contributed by atoms with Gasteiger partial charge in [-0.1, -0.05) is 13.0 Å². The van der Waals surface area contributed by atoms with Gasteiger partial charge in [-0.25, -0.2) is 0 Å². The van der Waals surface area contributed by atoms with Crippen LogP contribution in [0, 0.1) is 0 Å². The molecule has 0 amide bonds. The van der Waals surface area contributed by atoms with Crippen LogP contribution in [0.25, 0.3) is 0 Å². The highest BCUT2D eigenvalue weighted by Crippen LogP contribution is 2.39. The number of ether oxygens (including phenoxy) is 1. The highest BCUT2D eigenvalue weighted by Gasteiger charge is 2.36. The van der Waals surface area contributed by atoms with Gasteiger partial charge in [0.15, 0.2) is 10.9 Å². The number of carbonyl (C=O) groups is 1. The SMILES string of the molecule is CCCN1C(=S)NC(c2ccc(OC)c(Br)c2)C2=C1CCCC2=O. The highest BCUT2D eigenvalue weighted by molar-refractivity contribution is 9.10. The molecule has 2 aliphatic rings. The molecule has 6 heteroatoms. The van der Waals surface area contributed by atoms with E-state index in [4.69, 9.17) is 17.0 Å². The van der Waals surface area contributed by atoms with Crippen molar-refractivity contribution >= 4 is 39.0 Å². The average molecular weight is 409 g/mol. The number of rotatable bonds is 4. The van der Waals surface area contributed by atoms with Crippen LogP contribution in [-0.2, 0) is 4.79 Å². The summed E-state index contributed by atoms with van der Waals surface area (Å²) >= 11 is 9.12. The van der Waals surface area contributed by atoms with E-state index >= 15 is 0 Å². The van der Waals surface area contributed by atoms with Crippen LogP contribution in [0.4, 0.5) is 0 Å². The summed E-state index contributed by atoms with van der Waals surface area (Å²) in [4.78, 5) is 14.8. The topological polar surface area (TPSA) is 41.6 Å². The molecule has 0 saturated heterocycles. The summed E-state index contributed by atoms with van der Waals surface area (Å²) in [6.45, 7) is 2.97. The average Bonchev–Trinajstić information content (AvgIpc) is 2.57. The molecule has 4 nitrogen and oxygen atoms in total. The second-order valence-corrected chi connectivity index (χ2v) is 7.31. The molecule has 0 radical (unpaired) electrons. The lowest BCUT2D eigenvalue weighted by molar-refractivity contribution is -0.116. The number of nitrogens with zero attached hydrogens (tertiary/aromatic N) is 1. The Kier molecular flexibility index (Phi) is 5.25. The first-order valence-corrected chi connectivity index (χ1v) is 9.44. The first kappa shape index (κ1) is 17.4. The number of halogens is 1. The third kappa shape index (κ3) is 3.09. The maximum Gasteiger partial charge on any atom is 0.173 e. The Labute approximate surface area is 156 Å². The van der Waals surface area contributed by atoms with Gasteiger partial charge < -0.3 is 15.0 Å². The van der Waals surface area contributed by atoms with Crippen molar-refractivity contribution in [3.63, 3.8) is 0 Å². The summed E-state index contributed by atoms with van der Waals surface area (Å²) in [5.74, 6) is 0.998. The van der Waals surface area contributed by atoms with Gasteiger partial charge in [-0.3, -0.25) is 4.79 Å². The standard InChI is InChI=1S/C18H21BrN2O2S/c1-3-9-21-13-5-4-6-14(22)16(13)17(20-18(21)24)11-7-8-15(23-2)12(19)10-11/h7-8,10,17H,3-6,9H2,1-2H3,(H,20,24). The lowest BCUT2D eigenvalue weighted by Gasteiger charge is -2.41. The van der Waals surface area contributed by atoms with Gasteiger partial charge in [-0.15, -0.1) is 0 Å². The molecule has 0 saturated carbocycles. The van der Waals surface area contributed by atoms with Gasteiger partial charge in [0.1, 0.15) is 5.75 Å². The van der Waals surface area contributed by atoms with Gasteiger partial charge in [0.2, 0.25) is 0 Å². The molecule has 1 unspecified atom stereocenters.